The van der Waals surface area contributed by atoms with Crippen LogP contribution in [0, 0.1) is 0 Å². The van der Waals surface area contributed by atoms with Gasteiger partial charge < -0.3 is 15.2 Å². The van der Waals surface area contributed by atoms with Gasteiger partial charge in [0.15, 0.2) is 0 Å². The van der Waals surface area contributed by atoms with E-state index in [0.29, 0.717) is 5.69 Å². The van der Waals surface area contributed by atoms with Crippen LogP contribution in [-0.2, 0) is 17.6 Å². The maximum atomic E-state index is 10.5. The van der Waals surface area contributed by atoms with Crippen molar-refractivity contribution in [1.29, 1.82) is 0 Å². The zero-order valence-electron chi connectivity index (χ0n) is 8.49. The lowest BCUT2D eigenvalue weighted by molar-refractivity contribution is -0.139. The lowest BCUT2D eigenvalue weighted by atomic mass is 9.98. The van der Waals surface area contributed by atoms with Crippen molar-refractivity contribution in [2.75, 3.05) is 0 Å². The van der Waals surface area contributed by atoms with Crippen LogP contribution in [0.2, 0.25) is 0 Å². The average molecular weight is 209 g/mol. The number of aryl methyl sites for hydroxylation is 2. The number of aromatic nitrogens is 1. The Morgan fingerprint density at radius 1 is 1.47 bits per heavy atom. The van der Waals surface area contributed by atoms with E-state index in [0.717, 1.165) is 12.8 Å². The van der Waals surface area contributed by atoms with Gasteiger partial charge in [-0.05, 0) is 37.3 Å². The second kappa shape index (κ2) is 4.06. The number of aliphatic carboxylic acids is 1. The average Bonchev–Trinajstić information content (AvgIpc) is 2.59. The molecule has 0 saturated carbocycles. The van der Waals surface area contributed by atoms with Gasteiger partial charge >= 0.3 is 5.97 Å². The fraction of sp³-hybridized carbons (Fsp3) is 0.545. The summed E-state index contributed by atoms with van der Waals surface area (Å²) >= 11 is 0. The second-order valence-corrected chi connectivity index (χ2v) is 4.05. The van der Waals surface area contributed by atoms with E-state index in [9.17, 15) is 9.90 Å². The zero-order chi connectivity index (χ0) is 10.8. The molecule has 0 fully saturated rings. The van der Waals surface area contributed by atoms with Gasteiger partial charge in [0.1, 0.15) is 6.10 Å². The number of hydrogen-bond donors (Lipinski definition) is 3. The molecular weight excluding hydrogens is 194 g/mol. The molecule has 1 heterocycles. The molecule has 0 radical (unpaired) electrons. The van der Waals surface area contributed by atoms with Gasteiger partial charge in [-0.15, -0.1) is 0 Å². The Labute approximate surface area is 87.9 Å². The molecule has 1 aliphatic rings. The Kier molecular flexibility index (Phi) is 2.77. The first-order chi connectivity index (χ1) is 7.16. The van der Waals surface area contributed by atoms with Crippen molar-refractivity contribution in [3.63, 3.8) is 0 Å². The van der Waals surface area contributed by atoms with Crippen LogP contribution in [0.1, 0.15) is 42.3 Å². The third-order valence-corrected chi connectivity index (χ3v) is 2.86. The van der Waals surface area contributed by atoms with E-state index in [2.05, 4.69) is 4.98 Å². The molecule has 1 aromatic rings. The molecule has 4 nitrogen and oxygen atoms in total. The van der Waals surface area contributed by atoms with Gasteiger partial charge in [-0.1, -0.05) is 0 Å². The monoisotopic (exact) mass is 209 g/mol. The number of rotatable bonds is 3. The van der Waals surface area contributed by atoms with Crippen LogP contribution in [-0.4, -0.2) is 21.2 Å². The predicted octanol–water partition coefficient (Wildman–Crippen LogP) is 1.40. The largest absolute Gasteiger partial charge is 0.481 e. The summed E-state index contributed by atoms with van der Waals surface area (Å²) in [4.78, 5) is 13.6. The van der Waals surface area contributed by atoms with Crippen LogP contribution in [0.25, 0.3) is 0 Å². The maximum absolute atomic E-state index is 10.5. The summed E-state index contributed by atoms with van der Waals surface area (Å²) in [6.07, 6.45) is 3.25. The number of H-pyrrole nitrogens is 1. The molecule has 1 aromatic heterocycles. The predicted molar refractivity (Wildman–Crippen MR) is 54.6 cm³/mol. The smallest absolute Gasteiger partial charge is 0.306 e. The van der Waals surface area contributed by atoms with Gasteiger partial charge in [0.2, 0.25) is 0 Å². The lowest BCUT2D eigenvalue weighted by Crippen LogP contribution is -2.05. The van der Waals surface area contributed by atoms with E-state index < -0.39 is 12.1 Å². The molecule has 0 bridgehead atoms. The normalized spacial score (nSPS) is 17.1. The molecule has 1 atom stereocenters. The second-order valence-electron chi connectivity index (χ2n) is 4.05. The minimum Gasteiger partial charge on any atom is -0.481 e. The van der Waals surface area contributed by atoms with Crippen molar-refractivity contribution in [2.45, 2.75) is 38.2 Å². The van der Waals surface area contributed by atoms with Crippen molar-refractivity contribution in [1.82, 2.24) is 4.98 Å². The number of aliphatic hydroxyl groups is 1. The first-order valence-electron chi connectivity index (χ1n) is 5.27. The number of carboxylic acid groups (broad SMARTS) is 1. The van der Waals surface area contributed by atoms with Crippen LogP contribution in [0.3, 0.4) is 0 Å². The molecule has 15 heavy (non-hydrogen) atoms. The summed E-state index contributed by atoms with van der Waals surface area (Å²) in [7, 11) is 0. The minimum absolute atomic E-state index is 0.237. The van der Waals surface area contributed by atoms with Gasteiger partial charge in [0, 0.05) is 11.4 Å². The summed E-state index contributed by atoms with van der Waals surface area (Å²) in [6.45, 7) is 0. The number of hydrogen-bond acceptors (Lipinski definition) is 2. The van der Waals surface area contributed by atoms with E-state index in [1.165, 1.54) is 24.1 Å². The van der Waals surface area contributed by atoms with E-state index in [1.807, 2.05) is 6.07 Å². The Hall–Kier alpha value is -1.29. The van der Waals surface area contributed by atoms with Gasteiger partial charge in [-0.3, -0.25) is 4.79 Å². The van der Waals surface area contributed by atoms with Crippen LogP contribution in [0.15, 0.2) is 6.07 Å². The van der Waals surface area contributed by atoms with Crippen LogP contribution < -0.4 is 0 Å². The molecule has 0 aliphatic heterocycles. The molecule has 0 unspecified atom stereocenters. The number of aromatic amines is 1. The Morgan fingerprint density at radius 2 is 2.20 bits per heavy atom. The highest BCUT2D eigenvalue weighted by atomic mass is 16.4. The molecule has 0 saturated heterocycles. The first-order valence-corrected chi connectivity index (χ1v) is 5.27. The third kappa shape index (κ3) is 2.21. The van der Waals surface area contributed by atoms with Crippen LogP contribution in [0.4, 0.5) is 0 Å². The van der Waals surface area contributed by atoms with Crippen molar-refractivity contribution >= 4 is 5.97 Å². The summed E-state index contributed by atoms with van der Waals surface area (Å²) < 4.78 is 0. The topological polar surface area (TPSA) is 73.3 Å². The highest BCUT2D eigenvalue weighted by Gasteiger charge is 2.18. The molecule has 1 aliphatic carbocycles. The minimum atomic E-state index is -0.977. The van der Waals surface area contributed by atoms with Crippen LogP contribution in [0.5, 0.6) is 0 Å². The van der Waals surface area contributed by atoms with Crippen molar-refractivity contribution in [3.8, 4) is 0 Å². The maximum Gasteiger partial charge on any atom is 0.306 e. The highest BCUT2D eigenvalue weighted by Crippen LogP contribution is 2.25. The molecule has 3 N–H and O–H groups in total. The fourth-order valence-corrected chi connectivity index (χ4v) is 2.08. The Balaban J connectivity index is 2.15. The molecule has 0 amide bonds. The zero-order valence-corrected chi connectivity index (χ0v) is 8.49. The number of carboxylic acids is 1. The van der Waals surface area contributed by atoms with E-state index in [4.69, 9.17) is 5.11 Å². The number of aliphatic hydroxyl groups excluding tert-OH is 1. The first kappa shape index (κ1) is 10.2. The summed E-state index contributed by atoms with van der Waals surface area (Å²) in [5, 5.41) is 18.2. The lowest BCUT2D eigenvalue weighted by Gasteiger charge is -2.09. The summed E-state index contributed by atoms with van der Waals surface area (Å²) in [6, 6.07) is 1.90. The van der Waals surface area contributed by atoms with Gasteiger partial charge in [-0.25, -0.2) is 0 Å². The molecule has 0 aromatic carbocycles. The van der Waals surface area contributed by atoms with E-state index in [1.54, 1.807) is 0 Å². The quantitative estimate of drug-likeness (QED) is 0.704. The fourth-order valence-electron chi connectivity index (χ4n) is 2.08. The van der Waals surface area contributed by atoms with Crippen molar-refractivity contribution < 1.29 is 15.0 Å². The third-order valence-electron chi connectivity index (χ3n) is 2.86. The summed E-state index contributed by atoms with van der Waals surface area (Å²) in [5.41, 5.74) is 3.05. The molecule has 2 rings (SSSR count). The molecule has 4 heteroatoms. The van der Waals surface area contributed by atoms with Gasteiger partial charge in [-0.2, -0.15) is 0 Å². The molecule has 82 valence electrons. The number of nitrogens with one attached hydrogen (secondary N) is 1. The van der Waals surface area contributed by atoms with Gasteiger partial charge in [0.25, 0.3) is 0 Å². The molecule has 0 spiro atoms. The van der Waals surface area contributed by atoms with Gasteiger partial charge in [0.05, 0.1) is 6.42 Å². The van der Waals surface area contributed by atoms with Crippen molar-refractivity contribution in [3.05, 3.63) is 23.0 Å². The summed E-state index contributed by atoms with van der Waals surface area (Å²) in [5.74, 6) is -0.977. The van der Waals surface area contributed by atoms with Crippen LogP contribution >= 0.6 is 0 Å². The molecular formula is C11H15NO3. The van der Waals surface area contributed by atoms with E-state index in [-0.39, 0.29) is 6.42 Å². The SMILES string of the molecule is O=C(O)C[C@H](O)c1cc2c([nH]1)CCCC2. The van der Waals surface area contributed by atoms with Crippen molar-refractivity contribution in [2.24, 2.45) is 0 Å². The number of carbonyl (C=O) groups is 1. The Morgan fingerprint density at radius 3 is 2.87 bits per heavy atom. The number of fused-ring (bicyclic) bond motifs is 1. The Bertz CT molecular complexity index is 346. The highest BCUT2D eigenvalue weighted by molar-refractivity contribution is 5.67. The van der Waals surface area contributed by atoms with E-state index >= 15 is 0 Å². The standard InChI is InChI=1S/C11H15NO3/c13-10(6-11(14)15)9-5-7-3-1-2-4-8(7)12-9/h5,10,12-13H,1-4,6H2,(H,14,15)/t10-/m0/s1.